The van der Waals surface area contributed by atoms with Crippen molar-refractivity contribution in [3.8, 4) is 78.1 Å². The van der Waals surface area contributed by atoms with Gasteiger partial charge in [0.1, 0.15) is 0 Å². The molecule has 482 valence electrons. The van der Waals surface area contributed by atoms with Crippen LogP contribution in [0.3, 0.4) is 0 Å². The second-order valence-electron chi connectivity index (χ2n) is 28.8. The van der Waals surface area contributed by atoms with E-state index in [1.54, 1.807) is 0 Å². The van der Waals surface area contributed by atoms with E-state index in [4.69, 9.17) is 0 Å². The van der Waals surface area contributed by atoms with Crippen LogP contribution in [0.4, 0.5) is 0 Å². The molecule has 2 aliphatic rings. The van der Waals surface area contributed by atoms with Crippen molar-refractivity contribution in [2.24, 2.45) is 0 Å². The maximum absolute atomic E-state index is 2.53. The second-order valence-corrected chi connectivity index (χ2v) is 28.8. The van der Waals surface area contributed by atoms with E-state index in [2.05, 4.69) is 401 Å². The molecule has 2 aliphatic carbocycles. The lowest BCUT2D eigenvalue weighted by atomic mass is 9.79. The highest BCUT2D eigenvalue weighted by Crippen LogP contribution is 2.57. The van der Waals surface area contributed by atoms with Crippen molar-refractivity contribution >= 4 is 66.9 Å². The number of aromatic nitrogens is 2. The SMILES string of the molecule is CC1(C)c2cc(-c3ccc(C=C(c4ccccc4)c4ccc(-c5ccc6c(c5)c5ccccc5n6-c5ccccc5)cc4)cc3)ccc2-c2cc3c(cc21)-c1ccc(-c2ccc(C=C(c4ccccc4)c4ccc(-c5ccc6c(c5)c5ccccc5n6-c5ccccc5)cc4)cc2)cc1C3(C)C. The minimum atomic E-state index is -0.191. The molecule has 19 rings (SSSR count). The zero-order chi connectivity index (χ0) is 68.2. The Hall–Kier alpha value is -12.6. The number of hydrogen-bond acceptors (Lipinski definition) is 0. The quantitative estimate of drug-likeness (QED) is 0.108. The van der Waals surface area contributed by atoms with Gasteiger partial charge in [0.05, 0.1) is 22.1 Å². The fourth-order valence-electron chi connectivity index (χ4n) is 16.8. The number of para-hydroxylation sites is 4. The molecule has 15 aromatic carbocycles. The summed E-state index contributed by atoms with van der Waals surface area (Å²) < 4.78 is 4.75. The van der Waals surface area contributed by atoms with Crippen LogP contribution in [-0.2, 0) is 10.8 Å². The van der Waals surface area contributed by atoms with Crippen molar-refractivity contribution in [2.45, 2.75) is 38.5 Å². The smallest absolute Gasteiger partial charge is 0.0541 e. The number of rotatable bonds is 12. The van der Waals surface area contributed by atoms with Gasteiger partial charge in [0.15, 0.2) is 0 Å². The fraction of sp³-hybridized carbons (Fsp3) is 0.0600. The predicted molar refractivity (Wildman–Crippen MR) is 432 cm³/mol. The monoisotopic (exact) mass is 1300 g/mol. The summed E-state index contributed by atoms with van der Waals surface area (Å²) in [6.45, 7) is 9.67. The first-order valence-electron chi connectivity index (χ1n) is 35.7. The molecule has 0 N–H and O–H groups in total. The topological polar surface area (TPSA) is 9.86 Å². The number of hydrogen-bond donors (Lipinski definition) is 0. The van der Waals surface area contributed by atoms with E-state index in [9.17, 15) is 0 Å². The van der Waals surface area contributed by atoms with Crippen molar-refractivity contribution in [2.75, 3.05) is 0 Å². The van der Waals surface area contributed by atoms with E-state index in [0.29, 0.717) is 0 Å². The molecular weight excluding hydrogens is 1230 g/mol. The third kappa shape index (κ3) is 10.2. The lowest BCUT2D eigenvalue weighted by Crippen LogP contribution is -2.17. The van der Waals surface area contributed by atoms with Crippen LogP contribution in [-0.4, -0.2) is 9.13 Å². The maximum atomic E-state index is 2.53. The third-order valence-corrected chi connectivity index (χ3v) is 22.2. The van der Waals surface area contributed by atoms with E-state index < -0.39 is 0 Å². The summed E-state index contributed by atoms with van der Waals surface area (Å²) in [7, 11) is 0. The molecule has 0 saturated heterocycles. The van der Waals surface area contributed by atoms with E-state index in [0.717, 1.165) is 11.1 Å². The van der Waals surface area contributed by atoms with E-state index >= 15 is 0 Å². The minimum Gasteiger partial charge on any atom is -0.309 e. The van der Waals surface area contributed by atoms with Crippen LogP contribution in [0.5, 0.6) is 0 Å². The Balaban J connectivity index is 0.570. The van der Waals surface area contributed by atoms with Gasteiger partial charge in [-0.2, -0.15) is 0 Å². The van der Waals surface area contributed by atoms with Crippen LogP contribution in [0.2, 0.25) is 0 Å². The van der Waals surface area contributed by atoms with E-state index in [-0.39, 0.29) is 10.8 Å². The zero-order valence-electron chi connectivity index (χ0n) is 57.5. The predicted octanol–water partition coefficient (Wildman–Crippen LogP) is 26.3. The first kappa shape index (κ1) is 60.5. The van der Waals surface area contributed by atoms with Gasteiger partial charge in [-0.1, -0.05) is 295 Å². The molecule has 102 heavy (non-hydrogen) atoms. The van der Waals surface area contributed by atoms with Crippen LogP contribution >= 0.6 is 0 Å². The molecule has 2 nitrogen and oxygen atoms in total. The average molecular weight is 1300 g/mol. The first-order chi connectivity index (χ1) is 50.1. The fourth-order valence-corrected chi connectivity index (χ4v) is 16.8. The number of fused-ring (bicyclic) bond motifs is 12. The summed E-state index contributed by atoms with van der Waals surface area (Å²) in [5, 5.41) is 5.02. The van der Waals surface area contributed by atoms with Crippen LogP contribution in [0, 0.1) is 0 Å². The van der Waals surface area contributed by atoms with Gasteiger partial charge < -0.3 is 9.13 Å². The van der Waals surface area contributed by atoms with Crippen molar-refractivity contribution in [1.82, 2.24) is 9.13 Å². The standard InChI is InChI=1S/C100H72N2/c1-99(2)91-61-77(67-37-33-65(34-38-67)57-85(71-21-9-5-10-22-71)73-45-41-69(42-46-73)75-51-55-97-89(59-75)83-29-17-19-31-95(83)101(97)79-25-13-7-14-26-79)49-53-81(91)87-64-94-88(63-93(87)99)82-54-50-78(62-92(82)100(94,3)4)68-39-35-66(36-40-68)58-86(72-23-11-6-12-24-72)74-47-43-70(44-48-74)76-52-56-98-90(60-76)84-30-18-20-32-96(84)102(98)80-27-15-8-16-28-80/h5-64H,1-4H3. The molecule has 0 aliphatic heterocycles. The molecule has 2 aromatic heterocycles. The highest BCUT2D eigenvalue weighted by Gasteiger charge is 2.42. The summed E-state index contributed by atoms with van der Waals surface area (Å²) >= 11 is 0. The van der Waals surface area contributed by atoms with Gasteiger partial charge in [-0.15, -0.1) is 0 Å². The molecule has 2 heterocycles. The molecule has 0 atom stereocenters. The highest BCUT2D eigenvalue weighted by molar-refractivity contribution is 6.12. The average Bonchev–Trinajstić information content (AvgIpc) is 1.55. The summed E-state index contributed by atoms with van der Waals surface area (Å²) in [6.07, 6.45) is 4.68. The van der Waals surface area contributed by atoms with Crippen LogP contribution < -0.4 is 0 Å². The van der Waals surface area contributed by atoms with Crippen LogP contribution in [0.25, 0.3) is 145 Å². The van der Waals surface area contributed by atoms with Crippen molar-refractivity contribution in [3.05, 3.63) is 407 Å². The number of nitrogens with zero attached hydrogens (tertiary/aromatic N) is 2. The van der Waals surface area contributed by atoms with Gasteiger partial charge in [-0.05, 0) is 231 Å². The molecule has 0 bridgehead atoms. The Morgan fingerprint density at radius 2 is 0.510 bits per heavy atom. The van der Waals surface area contributed by atoms with E-state index in [1.165, 1.54) is 177 Å². The normalized spacial score (nSPS) is 13.6. The molecule has 17 aromatic rings. The Kier molecular flexibility index (Phi) is 14.3. The van der Waals surface area contributed by atoms with Gasteiger partial charge in [0.2, 0.25) is 0 Å². The molecule has 0 amide bonds. The summed E-state index contributed by atoms with van der Waals surface area (Å²) in [6, 6.07) is 130. The highest BCUT2D eigenvalue weighted by atomic mass is 15.0. The second kappa shape index (κ2) is 24.1. The van der Waals surface area contributed by atoms with Crippen molar-refractivity contribution in [1.29, 1.82) is 0 Å². The minimum absolute atomic E-state index is 0.191. The Bertz CT molecular complexity index is 5820. The van der Waals surface area contributed by atoms with Crippen LogP contribution in [0.15, 0.2) is 352 Å². The Morgan fingerprint density at radius 3 is 0.892 bits per heavy atom. The van der Waals surface area contributed by atoms with Gasteiger partial charge in [-0.25, -0.2) is 0 Å². The third-order valence-electron chi connectivity index (χ3n) is 22.2. The molecule has 0 fully saturated rings. The molecule has 0 spiro atoms. The Morgan fingerprint density at radius 1 is 0.225 bits per heavy atom. The summed E-state index contributed by atoms with van der Waals surface area (Å²) in [5.41, 5.74) is 36.8. The largest absolute Gasteiger partial charge is 0.309 e. The number of benzene rings is 15. The lowest BCUT2D eigenvalue weighted by molar-refractivity contribution is 0.652. The molecular formula is C100H72N2. The molecule has 0 unspecified atom stereocenters. The molecule has 2 heteroatoms. The van der Waals surface area contributed by atoms with Gasteiger partial charge in [-0.3, -0.25) is 0 Å². The maximum Gasteiger partial charge on any atom is 0.0541 e. The summed E-state index contributed by atoms with van der Waals surface area (Å²) in [4.78, 5) is 0. The lowest BCUT2D eigenvalue weighted by Gasteiger charge is -2.24. The Labute approximate surface area is 596 Å². The van der Waals surface area contributed by atoms with Gasteiger partial charge in [0, 0.05) is 43.7 Å². The van der Waals surface area contributed by atoms with Crippen molar-refractivity contribution in [3.63, 3.8) is 0 Å². The van der Waals surface area contributed by atoms with Gasteiger partial charge >= 0.3 is 0 Å². The molecule has 0 saturated carbocycles. The molecule has 0 radical (unpaired) electrons. The first-order valence-corrected chi connectivity index (χ1v) is 35.7. The van der Waals surface area contributed by atoms with E-state index in [1.807, 2.05) is 0 Å². The van der Waals surface area contributed by atoms with Crippen LogP contribution in [0.1, 0.15) is 83.3 Å². The van der Waals surface area contributed by atoms with Gasteiger partial charge in [0.25, 0.3) is 0 Å². The van der Waals surface area contributed by atoms with Crippen molar-refractivity contribution < 1.29 is 0 Å². The zero-order valence-corrected chi connectivity index (χ0v) is 57.5. The summed E-state index contributed by atoms with van der Waals surface area (Å²) in [5.74, 6) is 0.